The molecule has 0 saturated heterocycles. The van der Waals surface area contributed by atoms with Crippen LogP contribution in [-0.4, -0.2) is 16.7 Å². The van der Waals surface area contributed by atoms with Gasteiger partial charge in [0.2, 0.25) is 0 Å². The lowest BCUT2D eigenvalue weighted by molar-refractivity contribution is 0.585. The van der Waals surface area contributed by atoms with Crippen molar-refractivity contribution in [1.29, 1.82) is 0 Å². The van der Waals surface area contributed by atoms with Crippen LogP contribution in [-0.2, 0) is 0 Å². The first-order valence-corrected chi connectivity index (χ1v) is 5.00. The molecule has 4 nitrogen and oxygen atoms in total. The van der Waals surface area contributed by atoms with Crippen molar-refractivity contribution >= 4 is 17.4 Å². The molecule has 2 rings (SSSR count). The number of nitrogens with zero attached hydrogens (tertiary/aromatic N) is 2. The van der Waals surface area contributed by atoms with E-state index in [9.17, 15) is 0 Å². The molecule has 5 heteroatoms. The number of aromatic nitrogens is 2. The standard InChI is InChI=1S/C9H9N3OS/c1-2-5-10-9-12-11-8(13-9)7-4-3-6-14-7/h2-4,6H,1,5H2,(H,10,12). The van der Waals surface area contributed by atoms with Gasteiger partial charge in [0.1, 0.15) is 0 Å². The second kappa shape index (κ2) is 4.06. The third-order valence-electron chi connectivity index (χ3n) is 1.55. The maximum Gasteiger partial charge on any atom is 0.316 e. The number of nitrogens with one attached hydrogen (secondary N) is 1. The molecule has 2 heterocycles. The summed E-state index contributed by atoms with van der Waals surface area (Å²) in [4.78, 5) is 0.976. The normalized spacial score (nSPS) is 10.0. The fourth-order valence-electron chi connectivity index (χ4n) is 0.954. The lowest BCUT2D eigenvalue weighted by Crippen LogP contribution is -1.97. The van der Waals surface area contributed by atoms with Crippen LogP contribution in [0.3, 0.4) is 0 Å². The van der Waals surface area contributed by atoms with Crippen molar-refractivity contribution in [2.75, 3.05) is 11.9 Å². The largest absolute Gasteiger partial charge is 0.403 e. The van der Waals surface area contributed by atoms with Crippen molar-refractivity contribution in [2.45, 2.75) is 0 Å². The molecule has 1 N–H and O–H groups in total. The molecule has 2 aromatic rings. The Morgan fingerprint density at radius 1 is 1.57 bits per heavy atom. The molecule has 0 aliphatic carbocycles. The van der Waals surface area contributed by atoms with Crippen LogP contribution in [0.4, 0.5) is 6.01 Å². The van der Waals surface area contributed by atoms with Crippen molar-refractivity contribution in [1.82, 2.24) is 10.2 Å². The number of anilines is 1. The van der Waals surface area contributed by atoms with Crippen LogP contribution in [0.15, 0.2) is 34.6 Å². The number of hydrogen-bond acceptors (Lipinski definition) is 5. The highest BCUT2D eigenvalue weighted by atomic mass is 32.1. The molecule has 2 aromatic heterocycles. The summed E-state index contributed by atoms with van der Waals surface area (Å²) < 4.78 is 5.36. The summed E-state index contributed by atoms with van der Waals surface area (Å²) in [6.45, 7) is 4.20. The van der Waals surface area contributed by atoms with Gasteiger partial charge in [0.15, 0.2) is 0 Å². The van der Waals surface area contributed by atoms with Crippen LogP contribution in [0.5, 0.6) is 0 Å². The van der Waals surface area contributed by atoms with Gasteiger partial charge in [0.05, 0.1) is 4.88 Å². The van der Waals surface area contributed by atoms with Crippen molar-refractivity contribution in [3.8, 4) is 10.8 Å². The van der Waals surface area contributed by atoms with E-state index in [1.54, 1.807) is 17.4 Å². The third-order valence-corrected chi connectivity index (χ3v) is 2.41. The van der Waals surface area contributed by atoms with E-state index in [4.69, 9.17) is 4.42 Å². The molecule has 0 aromatic carbocycles. The van der Waals surface area contributed by atoms with Gasteiger partial charge >= 0.3 is 6.01 Å². The minimum Gasteiger partial charge on any atom is -0.403 e. The molecule has 0 atom stereocenters. The van der Waals surface area contributed by atoms with Crippen molar-refractivity contribution in [3.05, 3.63) is 30.2 Å². The molecule has 0 spiro atoms. The quantitative estimate of drug-likeness (QED) is 0.782. The minimum atomic E-state index is 0.424. The van der Waals surface area contributed by atoms with Gasteiger partial charge in [0.25, 0.3) is 5.89 Å². The summed E-state index contributed by atoms with van der Waals surface area (Å²) in [7, 11) is 0. The van der Waals surface area contributed by atoms with Gasteiger partial charge < -0.3 is 9.73 Å². The van der Waals surface area contributed by atoms with Gasteiger partial charge in [-0.15, -0.1) is 23.0 Å². The van der Waals surface area contributed by atoms with Gasteiger partial charge in [-0.25, -0.2) is 0 Å². The lowest BCUT2D eigenvalue weighted by Gasteiger charge is -1.92. The van der Waals surface area contributed by atoms with Gasteiger partial charge in [0, 0.05) is 6.54 Å². The van der Waals surface area contributed by atoms with Crippen LogP contribution in [0.1, 0.15) is 0 Å². The average Bonchev–Trinajstić information content (AvgIpc) is 2.85. The molecule has 0 bridgehead atoms. The Morgan fingerprint density at radius 2 is 2.50 bits per heavy atom. The number of thiophene rings is 1. The average molecular weight is 207 g/mol. The fraction of sp³-hybridized carbons (Fsp3) is 0.111. The zero-order valence-electron chi connectivity index (χ0n) is 7.43. The van der Waals surface area contributed by atoms with Gasteiger partial charge in [-0.1, -0.05) is 17.2 Å². The van der Waals surface area contributed by atoms with Crippen LogP contribution in [0.25, 0.3) is 10.8 Å². The first-order chi connectivity index (χ1) is 6.90. The van der Waals surface area contributed by atoms with E-state index < -0.39 is 0 Å². The van der Waals surface area contributed by atoms with E-state index >= 15 is 0 Å². The Bertz CT molecular complexity index is 407. The molecular weight excluding hydrogens is 198 g/mol. The molecule has 0 aliphatic heterocycles. The summed E-state index contributed by atoms with van der Waals surface area (Å²) >= 11 is 1.57. The summed E-state index contributed by atoms with van der Waals surface area (Å²) in [6, 6.07) is 4.31. The monoisotopic (exact) mass is 207 g/mol. The SMILES string of the molecule is C=CCNc1nnc(-c2cccs2)o1. The molecule has 0 saturated carbocycles. The molecule has 72 valence electrons. The number of hydrogen-bond donors (Lipinski definition) is 1. The Kier molecular flexibility index (Phi) is 2.60. The third kappa shape index (κ3) is 1.82. The predicted octanol–water partition coefficient (Wildman–Crippen LogP) is 2.40. The summed E-state index contributed by atoms with van der Waals surface area (Å²) in [5.74, 6) is 0.548. The second-order valence-electron chi connectivity index (χ2n) is 2.56. The maximum absolute atomic E-state index is 5.36. The highest BCUT2D eigenvalue weighted by Gasteiger charge is 2.07. The molecular formula is C9H9N3OS. The first kappa shape index (κ1) is 8.96. The van der Waals surface area contributed by atoms with E-state index in [0.29, 0.717) is 18.5 Å². The second-order valence-corrected chi connectivity index (χ2v) is 3.51. The Labute approximate surface area is 85.3 Å². The van der Waals surface area contributed by atoms with Gasteiger partial charge in [-0.3, -0.25) is 0 Å². The van der Waals surface area contributed by atoms with E-state index in [0.717, 1.165) is 4.88 Å². The van der Waals surface area contributed by atoms with Crippen molar-refractivity contribution < 1.29 is 4.42 Å². The van der Waals surface area contributed by atoms with E-state index in [1.807, 2.05) is 17.5 Å². The summed E-state index contributed by atoms with van der Waals surface area (Å²) in [6.07, 6.45) is 1.73. The highest BCUT2D eigenvalue weighted by Crippen LogP contribution is 2.24. The zero-order chi connectivity index (χ0) is 9.80. The fourth-order valence-corrected chi connectivity index (χ4v) is 1.60. The van der Waals surface area contributed by atoms with E-state index in [2.05, 4.69) is 22.1 Å². The van der Waals surface area contributed by atoms with Crippen molar-refractivity contribution in [2.24, 2.45) is 0 Å². The van der Waals surface area contributed by atoms with Crippen molar-refractivity contribution in [3.63, 3.8) is 0 Å². The molecule has 0 fully saturated rings. The Morgan fingerprint density at radius 3 is 3.21 bits per heavy atom. The van der Waals surface area contributed by atoms with Crippen LogP contribution in [0.2, 0.25) is 0 Å². The summed E-state index contributed by atoms with van der Waals surface area (Å²) in [5.41, 5.74) is 0. The van der Waals surface area contributed by atoms with E-state index in [1.165, 1.54) is 0 Å². The molecule has 0 unspecified atom stereocenters. The summed E-state index contributed by atoms with van der Waals surface area (Å²) in [5, 5.41) is 12.6. The number of rotatable bonds is 4. The van der Waals surface area contributed by atoms with E-state index in [-0.39, 0.29) is 0 Å². The smallest absolute Gasteiger partial charge is 0.316 e. The Hall–Kier alpha value is -1.62. The molecule has 0 radical (unpaired) electrons. The lowest BCUT2D eigenvalue weighted by atomic mass is 10.5. The first-order valence-electron chi connectivity index (χ1n) is 4.12. The van der Waals surface area contributed by atoms with Gasteiger partial charge in [-0.05, 0) is 11.4 Å². The minimum absolute atomic E-state index is 0.424. The predicted molar refractivity (Wildman–Crippen MR) is 56.3 cm³/mol. The zero-order valence-corrected chi connectivity index (χ0v) is 8.25. The van der Waals surface area contributed by atoms with Crippen LogP contribution in [0, 0.1) is 0 Å². The molecule has 0 aliphatic rings. The molecule has 0 amide bonds. The highest BCUT2D eigenvalue weighted by molar-refractivity contribution is 7.13. The topological polar surface area (TPSA) is 51.0 Å². The van der Waals surface area contributed by atoms with Crippen LogP contribution >= 0.6 is 11.3 Å². The van der Waals surface area contributed by atoms with Gasteiger partial charge in [-0.2, -0.15) is 0 Å². The van der Waals surface area contributed by atoms with Crippen LogP contribution < -0.4 is 5.32 Å². The molecule has 14 heavy (non-hydrogen) atoms. The Balaban J connectivity index is 2.14. The maximum atomic E-state index is 5.36.